The average molecular weight is 268 g/mol. The highest BCUT2D eigenvalue weighted by atomic mass is 15.1. The molecule has 0 fully saturated rings. The first-order chi connectivity index (χ1) is 9.54. The molecule has 2 nitrogen and oxygen atoms in total. The number of nitrogens with zero attached hydrogens (tertiary/aromatic N) is 1. The summed E-state index contributed by atoms with van der Waals surface area (Å²) in [5.41, 5.74) is 12.5. The first-order valence-electron chi connectivity index (χ1n) is 7.10. The maximum absolute atomic E-state index is 6.06. The van der Waals surface area contributed by atoms with Crippen LogP contribution < -0.4 is 10.6 Å². The SMILES string of the molecule is Cc1ccc(C(CN)N(C)c2ccccc2C)c(C)c1. The second-order valence-electron chi connectivity index (χ2n) is 5.51. The number of benzene rings is 2. The van der Waals surface area contributed by atoms with Crippen molar-refractivity contribution in [1.29, 1.82) is 0 Å². The van der Waals surface area contributed by atoms with Crippen molar-refractivity contribution in [2.45, 2.75) is 26.8 Å². The smallest absolute Gasteiger partial charge is 0.0664 e. The Labute approximate surface area is 122 Å². The summed E-state index contributed by atoms with van der Waals surface area (Å²) in [6, 6.07) is 15.2. The van der Waals surface area contributed by atoms with Crippen LogP contribution in [0.15, 0.2) is 42.5 Å². The molecule has 2 heteroatoms. The first kappa shape index (κ1) is 14.6. The van der Waals surface area contributed by atoms with Crippen LogP contribution in [0.1, 0.15) is 28.3 Å². The molecule has 0 radical (unpaired) electrons. The highest BCUT2D eigenvalue weighted by Crippen LogP contribution is 2.29. The fraction of sp³-hybridized carbons (Fsp3) is 0.333. The van der Waals surface area contributed by atoms with E-state index in [2.05, 4.69) is 75.2 Å². The highest BCUT2D eigenvalue weighted by molar-refractivity contribution is 5.55. The molecule has 0 amide bonds. The Balaban J connectivity index is 2.39. The minimum Gasteiger partial charge on any atom is -0.366 e. The summed E-state index contributed by atoms with van der Waals surface area (Å²) in [4.78, 5) is 2.28. The molecular formula is C18H24N2. The van der Waals surface area contributed by atoms with Crippen molar-refractivity contribution >= 4 is 5.69 Å². The Morgan fingerprint density at radius 3 is 2.30 bits per heavy atom. The van der Waals surface area contributed by atoms with Crippen LogP contribution in [0.25, 0.3) is 0 Å². The largest absolute Gasteiger partial charge is 0.366 e. The lowest BCUT2D eigenvalue weighted by Gasteiger charge is -2.31. The van der Waals surface area contributed by atoms with Crippen LogP contribution in [-0.2, 0) is 0 Å². The Hall–Kier alpha value is -1.80. The first-order valence-corrected chi connectivity index (χ1v) is 7.10. The molecule has 0 aliphatic heterocycles. The van der Waals surface area contributed by atoms with Crippen LogP contribution in [0.5, 0.6) is 0 Å². The third kappa shape index (κ3) is 2.86. The molecule has 0 aliphatic rings. The normalized spacial score (nSPS) is 12.2. The van der Waals surface area contributed by atoms with Crippen LogP contribution in [0, 0.1) is 20.8 Å². The molecule has 1 unspecified atom stereocenters. The molecule has 2 N–H and O–H groups in total. The maximum Gasteiger partial charge on any atom is 0.0664 e. The Bertz CT molecular complexity index is 590. The predicted octanol–water partition coefficient (Wildman–Crippen LogP) is 3.75. The van der Waals surface area contributed by atoms with Gasteiger partial charge in [0.2, 0.25) is 0 Å². The highest BCUT2D eigenvalue weighted by Gasteiger charge is 2.18. The molecule has 106 valence electrons. The lowest BCUT2D eigenvalue weighted by atomic mass is 9.97. The third-order valence-electron chi connectivity index (χ3n) is 3.97. The van der Waals surface area contributed by atoms with E-state index in [4.69, 9.17) is 5.73 Å². The van der Waals surface area contributed by atoms with Gasteiger partial charge in [-0.2, -0.15) is 0 Å². The molecule has 2 aromatic carbocycles. The fourth-order valence-electron chi connectivity index (χ4n) is 2.82. The minimum atomic E-state index is 0.205. The van der Waals surface area contributed by atoms with E-state index in [1.54, 1.807) is 0 Å². The van der Waals surface area contributed by atoms with Gasteiger partial charge in [0.05, 0.1) is 6.04 Å². The molecule has 0 aromatic heterocycles. The monoisotopic (exact) mass is 268 g/mol. The number of para-hydroxylation sites is 1. The topological polar surface area (TPSA) is 29.3 Å². The molecule has 0 saturated heterocycles. The number of likely N-dealkylation sites (N-methyl/N-ethyl adjacent to an activating group) is 1. The zero-order valence-electron chi connectivity index (χ0n) is 12.9. The van der Waals surface area contributed by atoms with Crippen LogP contribution in [0.4, 0.5) is 5.69 Å². The quantitative estimate of drug-likeness (QED) is 0.915. The molecule has 0 spiro atoms. The van der Waals surface area contributed by atoms with Gasteiger partial charge in [0.15, 0.2) is 0 Å². The molecular weight excluding hydrogens is 244 g/mol. The van der Waals surface area contributed by atoms with Gasteiger partial charge in [-0.25, -0.2) is 0 Å². The van der Waals surface area contributed by atoms with Crippen LogP contribution in [-0.4, -0.2) is 13.6 Å². The van der Waals surface area contributed by atoms with E-state index in [0.717, 1.165) is 0 Å². The van der Waals surface area contributed by atoms with Crippen molar-refractivity contribution in [3.63, 3.8) is 0 Å². The lowest BCUT2D eigenvalue weighted by Crippen LogP contribution is -2.31. The third-order valence-corrected chi connectivity index (χ3v) is 3.97. The molecule has 0 aliphatic carbocycles. The van der Waals surface area contributed by atoms with Gasteiger partial charge < -0.3 is 10.6 Å². The Morgan fingerprint density at radius 1 is 1.00 bits per heavy atom. The van der Waals surface area contributed by atoms with E-state index in [0.29, 0.717) is 6.54 Å². The van der Waals surface area contributed by atoms with Gasteiger partial charge in [-0.1, -0.05) is 42.0 Å². The number of anilines is 1. The minimum absolute atomic E-state index is 0.205. The van der Waals surface area contributed by atoms with Gasteiger partial charge in [0, 0.05) is 19.3 Å². The molecule has 2 rings (SSSR count). The van der Waals surface area contributed by atoms with Crippen molar-refractivity contribution in [3.05, 3.63) is 64.7 Å². The Kier molecular flexibility index (Phi) is 4.46. The lowest BCUT2D eigenvalue weighted by molar-refractivity contribution is 0.675. The van der Waals surface area contributed by atoms with Crippen molar-refractivity contribution in [3.8, 4) is 0 Å². The van der Waals surface area contributed by atoms with Crippen molar-refractivity contribution < 1.29 is 0 Å². The van der Waals surface area contributed by atoms with Gasteiger partial charge in [0.25, 0.3) is 0 Å². The summed E-state index contributed by atoms with van der Waals surface area (Å²) in [5.74, 6) is 0. The van der Waals surface area contributed by atoms with Gasteiger partial charge >= 0.3 is 0 Å². The summed E-state index contributed by atoms with van der Waals surface area (Å²) >= 11 is 0. The summed E-state index contributed by atoms with van der Waals surface area (Å²) in [6.45, 7) is 7.03. The fourth-order valence-corrected chi connectivity index (χ4v) is 2.82. The number of aryl methyl sites for hydroxylation is 3. The second-order valence-corrected chi connectivity index (χ2v) is 5.51. The van der Waals surface area contributed by atoms with Crippen LogP contribution >= 0.6 is 0 Å². The number of rotatable bonds is 4. The molecule has 0 heterocycles. The molecule has 0 bridgehead atoms. The van der Waals surface area contributed by atoms with E-state index in [1.165, 1.54) is 27.9 Å². The molecule has 20 heavy (non-hydrogen) atoms. The second kappa shape index (κ2) is 6.10. The predicted molar refractivity (Wildman–Crippen MR) is 87.3 cm³/mol. The van der Waals surface area contributed by atoms with Crippen LogP contribution in [0.2, 0.25) is 0 Å². The maximum atomic E-state index is 6.06. The van der Waals surface area contributed by atoms with Gasteiger partial charge in [-0.05, 0) is 43.5 Å². The summed E-state index contributed by atoms with van der Waals surface area (Å²) in [7, 11) is 2.12. The van der Waals surface area contributed by atoms with Gasteiger partial charge in [-0.3, -0.25) is 0 Å². The van der Waals surface area contributed by atoms with E-state index in [9.17, 15) is 0 Å². The van der Waals surface area contributed by atoms with E-state index in [1.807, 2.05) is 0 Å². The van der Waals surface area contributed by atoms with Gasteiger partial charge in [-0.15, -0.1) is 0 Å². The van der Waals surface area contributed by atoms with Crippen molar-refractivity contribution in [2.24, 2.45) is 5.73 Å². The van der Waals surface area contributed by atoms with Crippen LogP contribution in [0.3, 0.4) is 0 Å². The molecule has 1 atom stereocenters. The van der Waals surface area contributed by atoms with E-state index >= 15 is 0 Å². The number of hydrogen-bond donors (Lipinski definition) is 1. The molecule has 2 aromatic rings. The van der Waals surface area contributed by atoms with E-state index < -0.39 is 0 Å². The Morgan fingerprint density at radius 2 is 1.70 bits per heavy atom. The molecule has 0 saturated carbocycles. The summed E-state index contributed by atoms with van der Waals surface area (Å²) < 4.78 is 0. The standard InChI is InChI=1S/C18H24N2/c1-13-9-10-16(15(3)11-13)18(12-19)20(4)17-8-6-5-7-14(17)2/h5-11,18H,12,19H2,1-4H3. The van der Waals surface area contributed by atoms with Crippen molar-refractivity contribution in [1.82, 2.24) is 0 Å². The number of hydrogen-bond acceptors (Lipinski definition) is 2. The zero-order valence-corrected chi connectivity index (χ0v) is 12.9. The van der Waals surface area contributed by atoms with Gasteiger partial charge in [0.1, 0.15) is 0 Å². The van der Waals surface area contributed by atoms with E-state index in [-0.39, 0.29) is 6.04 Å². The van der Waals surface area contributed by atoms with Crippen molar-refractivity contribution in [2.75, 3.05) is 18.5 Å². The summed E-state index contributed by atoms with van der Waals surface area (Å²) in [6.07, 6.45) is 0. The number of nitrogens with two attached hydrogens (primary N) is 1. The summed E-state index contributed by atoms with van der Waals surface area (Å²) in [5, 5.41) is 0. The zero-order chi connectivity index (χ0) is 14.7. The average Bonchev–Trinajstić information content (AvgIpc) is 2.42.